The van der Waals surface area contributed by atoms with Crippen molar-refractivity contribution in [2.45, 2.75) is 20.0 Å². The summed E-state index contributed by atoms with van der Waals surface area (Å²) in [6, 6.07) is 12.6. The largest absolute Gasteiger partial charge is 0.435 e. The fourth-order valence-electron chi connectivity index (χ4n) is 3.08. The summed E-state index contributed by atoms with van der Waals surface area (Å²) in [6.45, 7) is 3.61. The van der Waals surface area contributed by atoms with Gasteiger partial charge in [-0.25, -0.2) is 14.5 Å². The van der Waals surface area contributed by atoms with E-state index in [0.29, 0.717) is 11.2 Å². The first-order chi connectivity index (χ1) is 13.2. The SMILES string of the molecule is Cc1cc(C)c2nc(-c3cc(C(F)(F)F)nn3-c3ccccc3)oc(=O)c2c1. The van der Waals surface area contributed by atoms with Crippen LogP contribution in [0.1, 0.15) is 16.8 Å². The number of nitrogens with zero attached hydrogens (tertiary/aromatic N) is 3. The highest BCUT2D eigenvalue weighted by Gasteiger charge is 2.36. The van der Waals surface area contributed by atoms with Gasteiger partial charge in [-0.2, -0.15) is 18.3 Å². The number of hydrogen-bond donors (Lipinski definition) is 0. The number of benzene rings is 2. The molecule has 2 aromatic heterocycles. The fraction of sp³-hybridized carbons (Fsp3) is 0.150. The molecule has 0 unspecified atom stereocenters. The lowest BCUT2D eigenvalue weighted by atomic mass is 10.1. The zero-order valence-corrected chi connectivity index (χ0v) is 14.9. The molecule has 0 saturated heterocycles. The second-order valence-electron chi connectivity index (χ2n) is 6.44. The molecule has 142 valence electrons. The third kappa shape index (κ3) is 3.06. The van der Waals surface area contributed by atoms with Gasteiger partial charge in [-0.1, -0.05) is 24.3 Å². The predicted octanol–water partition coefficient (Wildman–Crippen LogP) is 4.68. The third-order valence-electron chi connectivity index (χ3n) is 4.29. The van der Waals surface area contributed by atoms with Gasteiger partial charge in [-0.05, 0) is 43.2 Å². The van der Waals surface area contributed by atoms with Crippen molar-refractivity contribution in [3.63, 3.8) is 0 Å². The minimum atomic E-state index is -4.65. The summed E-state index contributed by atoms with van der Waals surface area (Å²) < 4.78 is 46.1. The molecule has 0 amide bonds. The molecule has 5 nitrogen and oxygen atoms in total. The van der Waals surface area contributed by atoms with Crippen molar-refractivity contribution in [1.82, 2.24) is 14.8 Å². The normalized spacial score (nSPS) is 11.9. The first-order valence-corrected chi connectivity index (χ1v) is 8.39. The molecule has 0 aliphatic heterocycles. The molecule has 0 fully saturated rings. The molecule has 2 aromatic carbocycles. The van der Waals surface area contributed by atoms with Gasteiger partial charge in [0.15, 0.2) is 5.69 Å². The maximum atomic E-state index is 13.3. The van der Waals surface area contributed by atoms with E-state index in [-0.39, 0.29) is 17.0 Å². The Morgan fingerprint density at radius 2 is 1.75 bits per heavy atom. The van der Waals surface area contributed by atoms with Gasteiger partial charge in [-0.15, -0.1) is 0 Å². The Hall–Kier alpha value is -3.42. The van der Waals surface area contributed by atoms with E-state index in [1.54, 1.807) is 43.3 Å². The van der Waals surface area contributed by atoms with Crippen molar-refractivity contribution in [1.29, 1.82) is 0 Å². The molecule has 0 aliphatic carbocycles. The zero-order valence-electron chi connectivity index (χ0n) is 14.9. The summed E-state index contributed by atoms with van der Waals surface area (Å²) in [5, 5.41) is 3.94. The monoisotopic (exact) mass is 385 g/mol. The molecule has 0 aliphatic rings. The Morgan fingerprint density at radius 1 is 1.04 bits per heavy atom. The van der Waals surface area contributed by atoms with E-state index in [1.807, 2.05) is 13.0 Å². The van der Waals surface area contributed by atoms with Crippen LogP contribution in [-0.2, 0) is 6.18 Å². The number of rotatable bonds is 2. The van der Waals surface area contributed by atoms with Gasteiger partial charge in [0.05, 0.1) is 16.6 Å². The minimum absolute atomic E-state index is 0.0579. The van der Waals surface area contributed by atoms with Crippen molar-refractivity contribution in [3.05, 3.63) is 75.8 Å². The van der Waals surface area contributed by atoms with E-state index < -0.39 is 17.5 Å². The quantitative estimate of drug-likeness (QED) is 0.503. The van der Waals surface area contributed by atoms with Crippen molar-refractivity contribution >= 4 is 10.9 Å². The fourth-order valence-corrected chi connectivity index (χ4v) is 3.08. The molecule has 0 N–H and O–H groups in total. The second kappa shape index (κ2) is 6.33. The summed E-state index contributed by atoms with van der Waals surface area (Å²) in [5.41, 5.74) is 0.533. The molecule has 0 spiro atoms. The molecule has 28 heavy (non-hydrogen) atoms. The van der Waals surface area contributed by atoms with Crippen LogP contribution in [0.15, 0.2) is 57.7 Å². The number of aryl methyl sites for hydroxylation is 2. The molecule has 0 radical (unpaired) electrons. The highest BCUT2D eigenvalue weighted by Crippen LogP contribution is 2.33. The van der Waals surface area contributed by atoms with Crippen molar-refractivity contribution in [2.75, 3.05) is 0 Å². The maximum absolute atomic E-state index is 13.3. The number of halogens is 3. The van der Waals surface area contributed by atoms with Crippen molar-refractivity contribution in [2.24, 2.45) is 0 Å². The summed E-state index contributed by atoms with van der Waals surface area (Å²) in [7, 11) is 0. The van der Waals surface area contributed by atoms with E-state index in [0.717, 1.165) is 21.9 Å². The Morgan fingerprint density at radius 3 is 2.43 bits per heavy atom. The number of aromatic nitrogens is 3. The molecule has 4 aromatic rings. The Bertz CT molecular complexity index is 1240. The van der Waals surface area contributed by atoms with E-state index >= 15 is 0 Å². The van der Waals surface area contributed by atoms with Crippen LogP contribution in [0.25, 0.3) is 28.2 Å². The van der Waals surface area contributed by atoms with E-state index in [9.17, 15) is 18.0 Å². The second-order valence-corrected chi connectivity index (χ2v) is 6.44. The van der Waals surface area contributed by atoms with Crippen molar-refractivity contribution in [3.8, 4) is 17.3 Å². The minimum Gasteiger partial charge on any atom is -0.401 e. The number of fused-ring (bicyclic) bond motifs is 1. The van der Waals surface area contributed by atoms with E-state index in [2.05, 4.69) is 10.1 Å². The maximum Gasteiger partial charge on any atom is 0.435 e. The summed E-state index contributed by atoms with van der Waals surface area (Å²) in [6.07, 6.45) is -4.65. The molecular formula is C20H14F3N3O2. The first kappa shape index (κ1) is 18.0. The number of hydrogen-bond acceptors (Lipinski definition) is 4. The van der Waals surface area contributed by atoms with Gasteiger partial charge in [-0.3, -0.25) is 0 Å². The highest BCUT2D eigenvalue weighted by molar-refractivity contribution is 5.82. The molecular weight excluding hydrogens is 371 g/mol. The molecule has 8 heteroatoms. The third-order valence-corrected chi connectivity index (χ3v) is 4.29. The Balaban J connectivity index is 2.01. The van der Waals surface area contributed by atoms with Gasteiger partial charge in [0, 0.05) is 6.07 Å². The van der Waals surface area contributed by atoms with Crippen LogP contribution in [0.3, 0.4) is 0 Å². The van der Waals surface area contributed by atoms with Gasteiger partial charge >= 0.3 is 11.8 Å². The lowest BCUT2D eigenvalue weighted by Crippen LogP contribution is -2.08. The number of alkyl halides is 3. The van der Waals surface area contributed by atoms with Gasteiger partial charge in [0.2, 0.25) is 5.89 Å². The number of para-hydroxylation sites is 1. The van der Waals surface area contributed by atoms with Crippen molar-refractivity contribution < 1.29 is 17.6 Å². The van der Waals surface area contributed by atoms with E-state index in [1.165, 1.54) is 0 Å². The summed E-state index contributed by atoms with van der Waals surface area (Å²) in [4.78, 5) is 16.8. The van der Waals surface area contributed by atoms with Crippen LogP contribution in [0.4, 0.5) is 13.2 Å². The lowest BCUT2D eigenvalue weighted by Gasteiger charge is -2.08. The molecule has 0 atom stereocenters. The van der Waals surface area contributed by atoms with Crippen LogP contribution in [-0.4, -0.2) is 14.8 Å². The lowest BCUT2D eigenvalue weighted by molar-refractivity contribution is -0.141. The highest BCUT2D eigenvalue weighted by atomic mass is 19.4. The predicted molar refractivity (Wildman–Crippen MR) is 97.3 cm³/mol. The molecule has 4 rings (SSSR count). The molecule has 0 bridgehead atoms. The van der Waals surface area contributed by atoms with Gasteiger partial charge < -0.3 is 4.42 Å². The molecule has 2 heterocycles. The average molecular weight is 385 g/mol. The zero-order chi connectivity index (χ0) is 20.1. The van der Waals surface area contributed by atoms with Crippen LogP contribution >= 0.6 is 0 Å². The van der Waals surface area contributed by atoms with Crippen LogP contribution < -0.4 is 5.63 Å². The van der Waals surface area contributed by atoms with Crippen LogP contribution in [0.2, 0.25) is 0 Å². The Labute approximate surface area is 157 Å². The molecule has 0 saturated carbocycles. The Kier molecular flexibility index (Phi) is 4.06. The van der Waals surface area contributed by atoms with Crippen LogP contribution in [0, 0.1) is 13.8 Å². The topological polar surface area (TPSA) is 60.9 Å². The summed E-state index contributed by atoms with van der Waals surface area (Å²) in [5.74, 6) is -0.226. The summed E-state index contributed by atoms with van der Waals surface area (Å²) >= 11 is 0. The van der Waals surface area contributed by atoms with Crippen LogP contribution in [0.5, 0.6) is 0 Å². The first-order valence-electron chi connectivity index (χ1n) is 8.39. The van der Waals surface area contributed by atoms with E-state index in [4.69, 9.17) is 4.42 Å². The average Bonchev–Trinajstić information content (AvgIpc) is 3.09. The smallest absolute Gasteiger partial charge is 0.401 e. The standard InChI is InChI=1S/C20H14F3N3O2/c1-11-8-12(2)17-14(9-11)19(27)28-18(24-17)15-10-16(20(21,22)23)25-26(15)13-6-4-3-5-7-13/h3-10H,1-2H3. The van der Waals surface area contributed by atoms with Gasteiger partial charge in [0.1, 0.15) is 5.69 Å². The van der Waals surface area contributed by atoms with Gasteiger partial charge in [0.25, 0.3) is 0 Å².